The van der Waals surface area contributed by atoms with E-state index in [0.717, 1.165) is 25.0 Å². The first-order valence-corrected chi connectivity index (χ1v) is 6.53. The average molecular weight is 265 g/mol. The van der Waals surface area contributed by atoms with E-state index < -0.39 is 0 Å². The Hall–Kier alpha value is -1.76. The van der Waals surface area contributed by atoms with E-state index in [1.165, 1.54) is 0 Å². The molecule has 104 valence electrons. The van der Waals surface area contributed by atoms with Gasteiger partial charge < -0.3 is 4.74 Å². The molecule has 0 aliphatic carbocycles. The second-order valence-corrected chi connectivity index (χ2v) is 4.67. The van der Waals surface area contributed by atoms with Crippen LogP contribution in [0.5, 0.6) is 0 Å². The molecule has 0 fully saturated rings. The Morgan fingerprint density at radius 1 is 1.63 bits per heavy atom. The highest BCUT2D eigenvalue weighted by molar-refractivity contribution is 5.72. The van der Waals surface area contributed by atoms with Gasteiger partial charge in [-0.25, -0.2) is 0 Å². The molecular formula is C12H19N5O2. The summed E-state index contributed by atoms with van der Waals surface area (Å²) >= 11 is 0. The van der Waals surface area contributed by atoms with Gasteiger partial charge in [-0.2, -0.15) is 5.21 Å². The maximum Gasteiger partial charge on any atom is 0.320 e. The van der Waals surface area contributed by atoms with Gasteiger partial charge in [0.15, 0.2) is 0 Å². The highest BCUT2D eigenvalue weighted by Crippen LogP contribution is 2.16. The van der Waals surface area contributed by atoms with Crippen molar-refractivity contribution in [1.82, 2.24) is 25.5 Å². The van der Waals surface area contributed by atoms with Crippen LogP contribution in [0.3, 0.4) is 0 Å². The van der Waals surface area contributed by atoms with Gasteiger partial charge in [-0.3, -0.25) is 9.69 Å². The van der Waals surface area contributed by atoms with Crippen molar-refractivity contribution in [2.75, 3.05) is 19.6 Å². The quantitative estimate of drug-likeness (QED) is 0.786. The molecule has 0 saturated heterocycles. The standard InChI is InChI=1S/C12H19N5O2/c1-3-9(2)19-11(18)8-17-6-4-5-10(7-17)12-13-15-16-14-12/h5,9H,3-4,6-8H2,1-2H3,(H,13,14,15,16). The van der Waals surface area contributed by atoms with Crippen LogP contribution in [0.4, 0.5) is 0 Å². The molecule has 1 N–H and O–H groups in total. The topological polar surface area (TPSA) is 84.0 Å². The van der Waals surface area contributed by atoms with Gasteiger partial charge in [-0.1, -0.05) is 13.0 Å². The van der Waals surface area contributed by atoms with Gasteiger partial charge in [-0.15, -0.1) is 10.2 Å². The molecule has 1 aromatic heterocycles. The zero-order chi connectivity index (χ0) is 13.7. The van der Waals surface area contributed by atoms with Crippen molar-refractivity contribution in [2.45, 2.75) is 32.8 Å². The molecule has 0 bridgehead atoms. The van der Waals surface area contributed by atoms with E-state index in [9.17, 15) is 4.79 Å². The molecule has 0 saturated carbocycles. The van der Waals surface area contributed by atoms with Crippen molar-refractivity contribution in [1.29, 1.82) is 0 Å². The molecule has 0 spiro atoms. The largest absolute Gasteiger partial charge is 0.462 e. The summed E-state index contributed by atoms with van der Waals surface area (Å²) in [6, 6.07) is 0. The minimum Gasteiger partial charge on any atom is -0.462 e. The second-order valence-electron chi connectivity index (χ2n) is 4.67. The van der Waals surface area contributed by atoms with E-state index in [4.69, 9.17) is 4.74 Å². The number of rotatable bonds is 5. The molecule has 1 unspecified atom stereocenters. The van der Waals surface area contributed by atoms with E-state index in [1.807, 2.05) is 18.7 Å². The van der Waals surface area contributed by atoms with Crippen LogP contribution in [0.25, 0.3) is 5.57 Å². The number of esters is 1. The summed E-state index contributed by atoms with van der Waals surface area (Å²) in [5.41, 5.74) is 0.997. The van der Waals surface area contributed by atoms with Crippen molar-refractivity contribution in [2.24, 2.45) is 0 Å². The lowest BCUT2D eigenvalue weighted by atomic mass is 10.1. The van der Waals surface area contributed by atoms with Gasteiger partial charge in [0.1, 0.15) is 0 Å². The zero-order valence-electron chi connectivity index (χ0n) is 11.3. The molecule has 0 amide bonds. The Morgan fingerprint density at radius 2 is 2.47 bits per heavy atom. The highest BCUT2D eigenvalue weighted by atomic mass is 16.5. The lowest BCUT2D eigenvalue weighted by molar-refractivity contribution is -0.149. The lowest BCUT2D eigenvalue weighted by Gasteiger charge is -2.25. The van der Waals surface area contributed by atoms with Gasteiger partial charge in [0.25, 0.3) is 0 Å². The lowest BCUT2D eigenvalue weighted by Crippen LogP contribution is -2.36. The monoisotopic (exact) mass is 265 g/mol. The van der Waals surface area contributed by atoms with Crippen molar-refractivity contribution in [3.8, 4) is 0 Å². The molecule has 1 aromatic rings. The maximum atomic E-state index is 11.7. The number of carbonyl (C=O) groups is 1. The van der Waals surface area contributed by atoms with Gasteiger partial charge >= 0.3 is 5.97 Å². The fourth-order valence-electron chi connectivity index (χ4n) is 1.93. The molecular weight excluding hydrogens is 246 g/mol. The van der Waals surface area contributed by atoms with E-state index in [-0.39, 0.29) is 12.1 Å². The summed E-state index contributed by atoms with van der Waals surface area (Å²) in [6.45, 7) is 5.69. The third kappa shape index (κ3) is 3.85. The summed E-state index contributed by atoms with van der Waals surface area (Å²) < 4.78 is 5.28. The van der Waals surface area contributed by atoms with E-state index >= 15 is 0 Å². The van der Waals surface area contributed by atoms with Gasteiger partial charge in [-0.05, 0) is 25.0 Å². The van der Waals surface area contributed by atoms with Crippen LogP contribution in [-0.4, -0.2) is 57.2 Å². The number of H-pyrrole nitrogens is 1. The van der Waals surface area contributed by atoms with E-state index in [2.05, 4.69) is 26.7 Å². The van der Waals surface area contributed by atoms with Gasteiger partial charge in [0.05, 0.1) is 12.6 Å². The van der Waals surface area contributed by atoms with Gasteiger partial charge in [0, 0.05) is 18.7 Å². The number of hydrogen-bond donors (Lipinski definition) is 1. The van der Waals surface area contributed by atoms with Crippen LogP contribution < -0.4 is 0 Å². The molecule has 1 aliphatic heterocycles. The molecule has 1 atom stereocenters. The predicted octanol–water partition coefficient (Wildman–Crippen LogP) is 0.630. The van der Waals surface area contributed by atoms with Crippen molar-refractivity contribution < 1.29 is 9.53 Å². The Kier molecular flexibility index (Phi) is 4.62. The molecule has 0 radical (unpaired) electrons. The minimum absolute atomic E-state index is 0.0236. The van der Waals surface area contributed by atoms with Gasteiger partial charge in [0.2, 0.25) is 5.82 Å². The molecule has 19 heavy (non-hydrogen) atoms. The van der Waals surface area contributed by atoms with E-state index in [1.54, 1.807) is 0 Å². The summed E-state index contributed by atoms with van der Waals surface area (Å²) in [5, 5.41) is 13.9. The molecule has 1 aliphatic rings. The highest BCUT2D eigenvalue weighted by Gasteiger charge is 2.20. The second kappa shape index (κ2) is 6.42. The van der Waals surface area contributed by atoms with Crippen LogP contribution in [0.2, 0.25) is 0 Å². The van der Waals surface area contributed by atoms with Crippen molar-refractivity contribution in [3.63, 3.8) is 0 Å². The SMILES string of the molecule is CCC(C)OC(=O)CN1CCC=C(c2nn[nH]n2)C1. The first-order chi connectivity index (χ1) is 9.19. The Balaban J connectivity index is 1.87. The number of nitrogens with zero attached hydrogens (tertiary/aromatic N) is 4. The Labute approximate surface area is 112 Å². The van der Waals surface area contributed by atoms with Crippen molar-refractivity contribution >= 4 is 11.5 Å². The third-order valence-corrected chi connectivity index (χ3v) is 3.12. The van der Waals surface area contributed by atoms with Crippen LogP contribution in [0.1, 0.15) is 32.5 Å². The number of ether oxygens (including phenoxy) is 1. The number of tetrazole rings is 1. The Morgan fingerprint density at radius 3 is 3.16 bits per heavy atom. The molecule has 7 nitrogen and oxygen atoms in total. The summed E-state index contributed by atoms with van der Waals surface area (Å²) in [4.78, 5) is 13.8. The average Bonchev–Trinajstić information content (AvgIpc) is 2.92. The molecule has 7 heteroatoms. The molecule has 2 rings (SSSR count). The zero-order valence-corrected chi connectivity index (χ0v) is 11.3. The minimum atomic E-state index is -0.177. The summed E-state index contributed by atoms with van der Waals surface area (Å²) in [7, 11) is 0. The molecule has 2 heterocycles. The van der Waals surface area contributed by atoms with Crippen LogP contribution in [0.15, 0.2) is 6.08 Å². The predicted molar refractivity (Wildman–Crippen MR) is 69.1 cm³/mol. The van der Waals surface area contributed by atoms with E-state index in [0.29, 0.717) is 18.9 Å². The third-order valence-electron chi connectivity index (χ3n) is 3.12. The van der Waals surface area contributed by atoms with Crippen LogP contribution in [-0.2, 0) is 9.53 Å². The number of hydrogen-bond acceptors (Lipinski definition) is 6. The number of nitrogens with one attached hydrogen (secondary N) is 1. The number of aromatic amines is 1. The molecule has 0 aromatic carbocycles. The number of aromatic nitrogens is 4. The fourth-order valence-corrected chi connectivity index (χ4v) is 1.93. The normalized spacial score (nSPS) is 17.9. The smallest absolute Gasteiger partial charge is 0.320 e. The number of carbonyl (C=O) groups excluding carboxylic acids is 1. The Bertz CT molecular complexity index is 443. The van der Waals surface area contributed by atoms with Crippen LogP contribution >= 0.6 is 0 Å². The first-order valence-electron chi connectivity index (χ1n) is 6.53. The maximum absolute atomic E-state index is 11.7. The fraction of sp³-hybridized carbons (Fsp3) is 0.667. The van der Waals surface area contributed by atoms with Crippen LogP contribution in [0, 0.1) is 0 Å². The van der Waals surface area contributed by atoms with Crippen molar-refractivity contribution in [3.05, 3.63) is 11.9 Å². The summed E-state index contributed by atoms with van der Waals surface area (Å²) in [5.74, 6) is 0.420. The first kappa shape index (κ1) is 13.7. The summed E-state index contributed by atoms with van der Waals surface area (Å²) in [6.07, 6.45) is 3.77.